The number of hydrogen-bond acceptors (Lipinski definition) is 2. The third-order valence-corrected chi connectivity index (χ3v) is 1.94. The van der Waals surface area contributed by atoms with Crippen LogP contribution in [0.3, 0.4) is 0 Å². The van der Waals surface area contributed by atoms with Crippen molar-refractivity contribution in [2.24, 2.45) is 0 Å². The van der Waals surface area contributed by atoms with E-state index in [0.717, 1.165) is 26.8 Å². The molecule has 46 valence electrons. The van der Waals surface area contributed by atoms with E-state index in [1.165, 1.54) is 0 Å². The van der Waals surface area contributed by atoms with Crippen molar-refractivity contribution in [2.75, 3.05) is 12.8 Å². The first-order chi connectivity index (χ1) is 3.41. The van der Waals surface area contributed by atoms with Crippen LogP contribution in [-0.2, 0) is 19.5 Å². The Balaban J connectivity index is 0. The van der Waals surface area contributed by atoms with Crippen molar-refractivity contribution in [2.45, 2.75) is 12.8 Å². The molecule has 0 fully saturated rings. The van der Waals surface area contributed by atoms with Gasteiger partial charge in [-0.15, -0.1) is 0 Å². The van der Waals surface area contributed by atoms with Gasteiger partial charge in [-0.25, -0.2) is 0 Å². The van der Waals surface area contributed by atoms with E-state index < -0.39 is 0 Å². The molecule has 1 nitrogen and oxygen atoms in total. The second-order valence-electron chi connectivity index (χ2n) is 1.34. The van der Waals surface area contributed by atoms with Crippen molar-refractivity contribution in [1.29, 1.82) is 0 Å². The third-order valence-electron chi connectivity index (χ3n) is 0.697. The summed E-state index contributed by atoms with van der Waals surface area (Å²) in [5.41, 5.74) is 0. The molecule has 0 heterocycles. The van der Waals surface area contributed by atoms with E-state index in [1.54, 1.807) is 0 Å². The fraction of sp³-hybridized carbons (Fsp3) is 1.00. The molecule has 0 amide bonds. The fourth-order valence-electron chi connectivity index (χ4n) is 0.316. The summed E-state index contributed by atoms with van der Waals surface area (Å²) < 4.78 is 0. The first-order valence-electron chi connectivity index (χ1n) is 2.39. The topological polar surface area (TPSA) is 20.2 Å². The zero-order valence-electron chi connectivity index (χ0n) is 4.93. The van der Waals surface area contributed by atoms with E-state index in [0.29, 0.717) is 6.61 Å². The van der Waals surface area contributed by atoms with E-state index in [4.69, 9.17) is 5.11 Å². The first-order valence-corrected chi connectivity index (χ1v) is 4.89. The Bertz CT molecular complexity index is 35.2. The van der Waals surface area contributed by atoms with Crippen LogP contribution >= 0.6 is 20.0 Å². The van der Waals surface area contributed by atoms with Gasteiger partial charge in [-0.1, -0.05) is 7.78 Å². The standard InChI is InChI=1S/C4H11OPS.Zn/c5-3-1-2-4-6-7;/h5-7H,1-4H2;. The maximum absolute atomic E-state index is 8.27. The number of aliphatic hydroxyl groups is 1. The van der Waals surface area contributed by atoms with Crippen LogP contribution in [0.1, 0.15) is 12.8 Å². The zero-order chi connectivity index (χ0) is 5.54. The molecule has 0 saturated heterocycles. The van der Waals surface area contributed by atoms with Crippen LogP contribution in [-0.4, -0.2) is 17.9 Å². The van der Waals surface area contributed by atoms with Gasteiger partial charge in [0.05, 0.1) is 0 Å². The summed E-state index contributed by atoms with van der Waals surface area (Å²) in [5, 5.41) is 8.27. The summed E-state index contributed by atoms with van der Waals surface area (Å²) in [4.78, 5) is 0. The molecule has 4 heteroatoms. The minimum Gasteiger partial charge on any atom is -0.396 e. The van der Waals surface area contributed by atoms with Gasteiger partial charge in [-0.2, -0.15) is 12.2 Å². The predicted molar refractivity (Wildman–Crippen MR) is 38.5 cm³/mol. The molecular formula is C4H11OPSZn. The molecule has 0 radical (unpaired) electrons. The van der Waals surface area contributed by atoms with E-state index in [2.05, 4.69) is 12.2 Å². The molecule has 0 saturated carbocycles. The number of thiol groups is 1. The normalized spacial score (nSPS) is 9.75. The van der Waals surface area contributed by atoms with Gasteiger partial charge in [0, 0.05) is 26.1 Å². The van der Waals surface area contributed by atoms with Gasteiger partial charge in [0.2, 0.25) is 0 Å². The predicted octanol–water partition coefficient (Wildman–Crippen LogP) is 1.28. The van der Waals surface area contributed by atoms with Gasteiger partial charge in [0.15, 0.2) is 0 Å². The molecule has 0 aliphatic heterocycles. The second kappa shape index (κ2) is 11.2. The average Bonchev–Trinajstić information content (AvgIpc) is 1.69. The van der Waals surface area contributed by atoms with Crippen molar-refractivity contribution in [3.8, 4) is 0 Å². The number of aliphatic hydroxyl groups excluding tert-OH is 1. The molecule has 1 N–H and O–H groups in total. The Morgan fingerprint density at radius 2 is 2.00 bits per heavy atom. The number of rotatable bonds is 4. The minimum atomic E-state index is 0. The van der Waals surface area contributed by atoms with Crippen LogP contribution in [0.4, 0.5) is 0 Å². The van der Waals surface area contributed by atoms with Crippen molar-refractivity contribution < 1.29 is 24.6 Å². The van der Waals surface area contributed by atoms with Crippen molar-refractivity contribution in [1.82, 2.24) is 0 Å². The summed E-state index contributed by atoms with van der Waals surface area (Å²) in [5.74, 6) is 0. The Hall–Kier alpha value is 1.36. The first kappa shape index (κ1) is 12.1. The Morgan fingerprint density at radius 1 is 1.38 bits per heavy atom. The largest absolute Gasteiger partial charge is 0.396 e. The Kier molecular flexibility index (Phi) is 16.9. The van der Waals surface area contributed by atoms with Crippen LogP contribution in [0.5, 0.6) is 0 Å². The minimum absolute atomic E-state index is 0. The molecule has 0 bridgehead atoms. The van der Waals surface area contributed by atoms with E-state index in [1.807, 2.05) is 0 Å². The summed E-state index contributed by atoms with van der Waals surface area (Å²) in [6.07, 6.45) is 3.22. The van der Waals surface area contributed by atoms with Gasteiger partial charge in [-0.05, 0) is 19.0 Å². The summed E-state index contributed by atoms with van der Waals surface area (Å²) in [6, 6.07) is 0. The SMILES string of the molecule is OCCCCPS.[Zn]. The summed E-state index contributed by atoms with van der Waals surface area (Å²) >= 11 is 4.04. The molecule has 0 aromatic rings. The molecule has 0 aliphatic carbocycles. The molecule has 0 aromatic carbocycles. The van der Waals surface area contributed by atoms with Crippen LogP contribution in [0, 0.1) is 0 Å². The van der Waals surface area contributed by atoms with E-state index in [9.17, 15) is 0 Å². The third kappa shape index (κ3) is 10.4. The van der Waals surface area contributed by atoms with Crippen LogP contribution in [0.2, 0.25) is 0 Å². The monoisotopic (exact) mass is 202 g/mol. The zero-order valence-corrected chi connectivity index (χ0v) is 9.79. The van der Waals surface area contributed by atoms with Gasteiger partial charge < -0.3 is 5.11 Å². The fourth-order valence-corrected chi connectivity index (χ4v) is 1.20. The molecule has 0 spiro atoms. The van der Waals surface area contributed by atoms with Crippen molar-refractivity contribution >= 4 is 20.0 Å². The van der Waals surface area contributed by atoms with Crippen LogP contribution < -0.4 is 0 Å². The maximum atomic E-state index is 8.27. The average molecular weight is 204 g/mol. The Labute approximate surface area is 70.3 Å². The molecule has 8 heavy (non-hydrogen) atoms. The van der Waals surface area contributed by atoms with Crippen LogP contribution in [0.15, 0.2) is 0 Å². The molecule has 0 rings (SSSR count). The molecule has 0 aromatic heterocycles. The molecular weight excluding hydrogens is 192 g/mol. The molecule has 1 atom stereocenters. The van der Waals surface area contributed by atoms with E-state index in [-0.39, 0.29) is 19.5 Å². The van der Waals surface area contributed by atoms with Gasteiger partial charge in [0.25, 0.3) is 0 Å². The quantitative estimate of drug-likeness (QED) is 0.305. The van der Waals surface area contributed by atoms with Crippen molar-refractivity contribution in [3.05, 3.63) is 0 Å². The van der Waals surface area contributed by atoms with Gasteiger partial charge in [-0.3, -0.25) is 0 Å². The van der Waals surface area contributed by atoms with Gasteiger partial charge >= 0.3 is 0 Å². The summed E-state index contributed by atoms with van der Waals surface area (Å²) in [7, 11) is 0.751. The number of hydrogen-bond donors (Lipinski definition) is 2. The second-order valence-corrected chi connectivity index (χ2v) is 3.10. The van der Waals surface area contributed by atoms with Crippen molar-refractivity contribution in [3.63, 3.8) is 0 Å². The smallest absolute Gasteiger partial charge is 0.0431 e. The molecule has 1 unspecified atom stereocenters. The maximum Gasteiger partial charge on any atom is 0.0431 e. The van der Waals surface area contributed by atoms with Gasteiger partial charge in [0.1, 0.15) is 0 Å². The van der Waals surface area contributed by atoms with Crippen LogP contribution in [0.25, 0.3) is 0 Å². The Morgan fingerprint density at radius 3 is 2.38 bits per heavy atom. The summed E-state index contributed by atoms with van der Waals surface area (Å²) in [6.45, 7) is 0.332. The van der Waals surface area contributed by atoms with E-state index >= 15 is 0 Å². The number of unbranched alkanes of at least 4 members (excludes halogenated alkanes) is 1. The molecule has 0 aliphatic rings.